The zero-order chi connectivity index (χ0) is 25.0. The molecule has 0 bridgehead atoms. The molecule has 2 heterocycles. The molecule has 2 fully saturated rings. The summed E-state index contributed by atoms with van der Waals surface area (Å²) < 4.78 is 37.7. The lowest BCUT2D eigenvalue weighted by molar-refractivity contribution is -0.145. The number of nitrogens with one attached hydrogen (secondary N) is 2. The second kappa shape index (κ2) is 10.8. The highest BCUT2D eigenvalue weighted by Crippen LogP contribution is 2.29. The maximum Gasteiger partial charge on any atom is 0.552 e. The van der Waals surface area contributed by atoms with Crippen molar-refractivity contribution >= 4 is 36.6 Å². The van der Waals surface area contributed by atoms with Gasteiger partial charge in [0.05, 0.1) is 24.6 Å². The predicted octanol–water partition coefficient (Wildman–Crippen LogP) is 0.635. The van der Waals surface area contributed by atoms with Gasteiger partial charge in [-0.2, -0.15) is 0 Å². The van der Waals surface area contributed by atoms with Crippen LogP contribution in [-0.4, -0.2) is 67.2 Å². The first-order chi connectivity index (χ1) is 16.0. The molecule has 0 aromatic heterocycles. The van der Waals surface area contributed by atoms with Crippen LogP contribution in [0.25, 0.3) is 0 Å². The Kier molecular flexibility index (Phi) is 8.08. The van der Waals surface area contributed by atoms with Gasteiger partial charge in [-0.1, -0.05) is 13.8 Å². The van der Waals surface area contributed by atoms with E-state index in [1.54, 1.807) is 0 Å². The number of carboxylic acids is 1. The molecule has 0 aliphatic carbocycles. The van der Waals surface area contributed by atoms with Crippen LogP contribution in [0.2, 0.25) is 0 Å². The highest BCUT2D eigenvalue weighted by Gasteiger charge is 2.46. The summed E-state index contributed by atoms with van der Waals surface area (Å²) in [7, 11) is -1.15. The van der Waals surface area contributed by atoms with Crippen molar-refractivity contribution in [2.75, 3.05) is 18.0 Å². The highest BCUT2D eigenvalue weighted by molar-refractivity contribution is 6.51. The summed E-state index contributed by atoms with van der Waals surface area (Å²) in [5, 5.41) is 14.0. The van der Waals surface area contributed by atoms with Gasteiger partial charge in [0.2, 0.25) is 11.8 Å². The van der Waals surface area contributed by atoms with Crippen LogP contribution >= 0.6 is 0 Å². The van der Waals surface area contributed by atoms with Crippen LogP contribution in [-0.2, 0) is 28.5 Å². The normalized spacial score (nSPS) is 20.6. The summed E-state index contributed by atoms with van der Waals surface area (Å²) in [6.45, 7) is 3.78. The van der Waals surface area contributed by atoms with Crippen LogP contribution in [0.4, 0.5) is 14.5 Å². The molecule has 1 aromatic carbocycles. The van der Waals surface area contributed by atoms with Gasteiger partial charge in [0.15, 0.2) is 6.10 Å². The van der Waals surface area contributed by atoms with E-state index in [0.717, 1.165) is 12.1 Å². The molecule has 0 saturated carbocycles. The number of carboxylic acid groups (broad SMARTS) is 1. The van der Waals surface area contributed by atoms with Gasteiger partial charge in [0.25, 0.3) is 0 Å². The smallest absolute Gasteiger partial charge is 0.506 e. The van der Waals surface area contributed by atoms with Gasteiger partial charge < -0.3 is 29.9 Å². The third-order valence-electron chi connectivity index (χ3n) is 5.52. The summed E-state index contributed by atoms with van der Waals surface area (Å²) >= 11 is 0. The first-order valence-corrected chi connectivity index (χ1v) is 10.9. The topological polar surface area (TPSA) is 134 Å². The van der Waals surface area contributed by atoms with Crippen LogP contribution in [0, 0.1) is 17.6 Å². The number of amides is 2. The Bertz CT molecular complexity index is 964. The van der Waals surface area contributed by atoms with E-state index in [-0.39, 0.29) is 18.2 Å². The van der Waals surface area contributed by atoms with Crippen molar-refractivity contribution in [3.63, 3.8) is 0 Å². The molecular formula is C21H26BF2N3O7. The second-order valence-electron chi connectivity index (χ2n) is 8.64. The number of rotatable bonds is 10. The Morgan fingerprint density at radius 1 is 1.29 bits per heavy atom. The van der Waals surface area contributed by atoms with Crippen molar-refractivity contribution in [1.82, 2.24) is 10.6 Å². The minimum Gasteiger partial charge on any atom is -0.506 e. The number of hydrogen-bond donors (Lipinski definition) is 3. The van der Waals surface area contributed by atoms with Crippen molar-refractivity contribution in [3.8, 4) is 0 Å². The Labute approximate surface area is 195 Å². The van der Waals surface area contributed by atoms with Crippen molar-refractivity contribution < 1.29 is 42.4 Å². The number of benzene rings is 1. The largest absolute Gasteiger partial charge is 0.552 e. The Hall–Kier alpha value is -3.22. The highest BCUT2D eigenvalue weighted by atomic mass is 19.1. The molecule has 3 rings (SSSR count). The van der Waals surface area contributed by atoms with E-state index >= 15 is 0 Å². The molecule has 0 spiro atoms. The maximum atomic E-state index is 14.0. The summed E-state index contributed by atoms with van der Waals surface area (Å²) in [6.07, 6.45) is -1.00. The molecule has 2 amide bonds. The number of carbonyl (C=O) groups is 4. The zero-order valence-corrected chi connectivity index (χ0v) is 18.8. The second-order valence-corrected chi connectivity index (χ2v) is 8.64. The number of nitrogens with zero attached hydrogens (tertiary/aromatic N) is 1. The molecule has 10 nitrogen and oxygen atoms in total. The minimum atomic E-state index is -1.26. The average molecular weight is 481 g/mol. The SMILES string of the molecule is CC(C)C[C@H](NC(=O)CNC(=O)[C@@H]1CCN1c1ccc(F)cc1F)B1OC(=O)[C@H](CC(=O)O)O1. The van der Waals surface area contributed by atoms with Crippen LogP contribution in [0.5, 0.6) is 0 Å². The summed E-state index contributed by atoms with van der Waals surface area (Å²) in [6, 6.07) is 2.40. The molecule has 13 heteroatoms. The van der Waals surface area contributed by atoms with Gasteiger partial charge in [0.1, 0.15) is 17.7 Å². The Balaban J connectivity index is 1.54. The van der Waals surface area contributed by atoms with Crippen LogP contribution in [0.1, 0.15) is 33.1 Å². The van der Waals surface area contributed by atoms with E-state index in [0.29, 0.717) is 19.4 Å². The Morgan fingerprint density at radius 2 is 2.03 bits per heavy atom. The van der Waals surface area contributed by atoms with E-state index in [1.807, 2.05) is 13.8 Å². The molecule has 184 valence electrons. The number of carbonyl (C=O) groups excluding carboxylic acids is 3. The van der Waals surface area contributed by atoms with Crippen LogP contribution < -0.4 is 15.5 Å². The van der Waals surface area contributed by atoms with Crippen LogP contribution in [0.3, 0.4) is 0 Å². The number of anilines is 1. The standard InChI is InChI=1S/C21H26BF2N3O7/c1-11(2)7-17(22-33-16(9-19(29)30)21(32)34-22)26-18(28)10-25-20(31)15-5-6-27(15)14-4-3-12(23)8-13(14)24/h3-4,8,11,15-17H,5-7,9-10H2,1-2H3,(H,25,31)(H,26,28)(H,29,30)/t15-,16-,17-/m0/s1. The van der Waals surface area contributed by atoms with E-state index in [1.165, 1.54) is 11.0 Å². The van der Waals surface area contributed by atoms with Gasteiger partial charge >= 0.3 is 19.1 Å². The molecule has 3 atom stereocenters. The van der Waals surface area contributed by atoms with Crippen molar-refractivity contribution in [2.24, 2.45) is 5.92 Å². The molecule has 2 aliphatic rings. The Morgan fingerprint density at radius 3 is 2.62 bits per heavy atom. The molecular weight excluding hydrogens is 455 g/mol. The minimum absolute atomic E-state index is 0.0786. The van der Waals surface area contributed by atoms with Crippen molar-refractivity contribution in [3.05, 3.63) is 29.8 Å². The van der Waals surface area contributed by atoms with Gasteiger partial charge in [-0.25, -0.2) is 8.78 Å². The quantitative estimate of drug-likeness (QED) is 0.415. The van der Waals surface area contributed by atoms with Gasteiger partial charge in [-0.05, 0) is 30.9 Å². The summed E-state index contributed by atoms with van der Waals surface area (Å²) in [5.74, 6) is -5.27. The molecule has 1 aromatic rings. The van der Waals surface area contributed by atoms with E-state index in [4.69, 9.17) is 14.4 Å². The van der Waals surface area contributed by atoms with Gasteiger partial charge in [-0.15, -0.1) is 0 Å². The summed E-state index contributed by atoms with van der Waals surface area (Å²) in [5.41, 5.74) is 0.102. The molecule has 2 saturated heterocycles. The fourth-order valence-corrected chi connectivity index (χ4v) is 3.85. The number of halogens is 2. The lowest BCUT2D eigenvalue weighted by Crippen LogP contribution is -2.58. The fraction of sp³-hybridized carbons (Fsp3) is 0.524. The predicted molar refractivity (Wildman–Crippen MR) is 115 cm³/mol. The first kappa shape index (κ1) is 25.4. The van der Waals surface area contributed by atoms with Gasteiger partial charge in [0, 0.05) is 12.6 Å². The van der Waals surface area contributed by atoms with E-state index in [2.05, 4.69) is 10.6 Å². The molecule has 0 unspecified atom stereocenters. The fourth-order valence-electron chi connectivity index (χ4n) is 3.85. The molecule has 0 radical (unpaired) electrons. The average Bonchev–Trinajstić information content (AvgIpc) is 3.06. The summed E-state index contributed by atoms with van der Waals surface area (Å²) in [4.78, 5) is 49.2. The van der Waals surface area contributed by atoms with Gasteiger partial charge in [-0.3, -0.25) is 19.2 Å². The maximum absolute atomic E-state index is 14.0. The van der Waals surface area contributed by atoms with Crippen LogP contribution in [0.15, 0.2) is 18.2 Å². The lowest BCUT2D eigenvalue weighted by Gasteiger charge is -2.41. The van der Waals surface area contributed by atoms with E-state index < -0.39 is 67.0 Å². The van der Waals surface area contributed by atoms with Crippen molar-refractivity contribution in [2.45, 2.75) is 51.2 Å². The molecule has 2 aliphatic heterocycles. The molecule has 3 N–H and O–H groups in total. The molecule has 34 heavy (non-hydrogen) atoms. The number of aliphatic carboxylic acids is 1. The monoisotopic (exact) mass is 481 g/mol. The zero-order valence-electron chi connectivity index (χ0n) is 18.8. The van der Waals surface area contributed by atoms with E-state index in [9.17, 15) is 28.0 Å². The number of hydrogen-bond acceptors (Lipinski definition) is 7. The lowest BCUT2D eigenvalue weighted by atomic mass is 9.74. The third kappa shape index (κ3) is 6.22. The third-order valence-corrected chi connectivity index (χ3v) is 5.52. The first-order valence-electron chi connectivity index (χ1n) is 10.9. The van der Waals surface area contributed by atoms with Crippen molar-refractivity contribution in [1.29, 1.82) is 0 Å².